The lowest BCUT2D eigenvalue weighted by atomic mass is 10.1. The molecule has 1 aromatic heterocycles. The SMILES string of the molecule is O=C(Nc1ccc(SC(C(=O)Nc2nc(-c3cccc([N+](=O)[O-])c3)cs2)c2ccccc2)cc1)/C(=C/c1ccc(OCc2ccccc2)cc1)NC(=O)c1ccccc1. The molecule has 1 atom stereocenters. The summed E-state index contributed by atoms with van der Waals surface area (Å²) >= 11 is 2.54. The zero-order valence-electron chi connectivity index (χ0n) is 31.2. The molecule has 1 unspecified atom stereocenters. The van der Waals surface area contributed by atoms with Crippen molar-refractivity contribution in [3.63, 3.8) is 0 Å². The summed E-state index contributed by atoms with van der Waals surface area (Å²) in [6.45, 7) is 0.411. The van der Waals surface area contributed by atoms with Crippen LogP contribution in [0, 0.1) is 10.1 Å². The molecule has 0 aliphatic rings. The highest BCUT2D eigenvalue weighted by Crippen LogP contribution is 2.37. The van der Waals surface area contributed by atoms with Gasteiger partial charge >= 0.3 is 0 Å². The number of hydrogen-bond acceptors (Lipinski definition) is 9. The highest BCUT2D eigenvalue weighted by molar-refractivity contribution is 8.00. The minimum absolute atomic E-state index is 0.0342. The van der Waals surface area contributed by atoms with Gasteiger partial charge in [0, 0.05) is 39.2 Å². The lowest BCUT2D eigenvalue weighted by Gasteiger charge is -2.17. The second-order valence-electron chi connectivity index (χ2n) is 12.9. The van der Waals surface area contributed by atoms with Gasteiger partial charge in [-0.25, -0.2) is 4.98 Å². The van der Waals surface area contributed by atoms with Crippen molar-refractivity contribution >= 4 is 63.4 Å². The zero-order valence-corrected chi connectivity index (χ0v) is 32.8. The summed E-state index contributed by atoms with van der Waals surface area (Å²) in [5.41, 5.74) is 4.41. The van der Waals surface area contributed by atoms with Gasteiger partial charge in [-0.3, -0.25) is 24.5 Å². The molecule has 7 rings (SSSR count). The van der Waals surface area contributed by atoms with Gasteiger partial charge in [0.05, 0.1) is 10.6 Å². The summed E-state index contributed by atoms with van der Waals surface area (Å²) < 4.78 is 5.91. The summed E-state index contributed by atoms with van der Waals surface area (Å²) in [5, 5.41) is 21.3. The zero-order chi connectivity index (χ0) is 41.0. The number of nitrogens with zero attached hydrogens (tertiary/aromatic N) is 2. The maximum Gasteiger partial charge on any atom is 0.272 e. The van der Waals surface area contributed by atoms with E-state index in [2.05, 4.69) is 20.9 Å². The van der Waals surface area contributed by atoms with Crippen LogP contribution in [0.2, 0.25) is 0 Å². The van der Waals surface area contributed by atoms with E-state index >= 15 is 0 Å². The van der Waals surface area contributed by atoms with Gasteiger partial charge in [0.1, 0.15) is 23.3 Å². The van der Waals surface area contributed by atoms with E-state index in [1.807, 2.05) is 60.7 Å². The molecule has 13 heteroatoms. The molecule has 292 valence electrons. The third-order valence-corrected chi connectivity index (χ3v) is 10.8. The maximum absolute atomic E-state index is 13.8. The van der Waals surface area contributed by atoms with Crippen LogP contribution in [0.15, 0.2) is 180 Å². The van der Waals surface area contributed by atoms with E-state index in [9.17, 15) is 24.5 Å². The molecule has 3 amide bonds. The first-order valence-corrected chi connectivity index (χ1v) is 20.0. The number of ether oxygens (including phenoxy) is 1. The van der Waals surface area contributed by atoms with E-state index in [1.54, 1.807) is 102 Å². The van der Waals surface area contributed by atoms with Crippen LogP contribution in [0.25, 0.3) is 17.3 Å². The monoisotopic (exact) mass is 817 g/mol. The molecule has 0 radical (unpaired) electrons. The lowest BCUT2D eigenvalue weighted by Crippen LogP contribution is -2.30. The van der Waals surface area contributed by atoms with E-state index in [0.717, 1.165) is 16.0 Å². The number of carbonyl (C=O) groups is 3. The van der Waals surface area contributed by atoms with Gasteiger partial charge in [-0.1, -0.05) is 103 Å². The van der Waals surface area contributed by atoms with E-state index in [1.165, 1.54) is 35.2 Å². The van der Waals surface area contributed by atoms with Gasteiger partial charge in [-0.15, -0.1) is 23.1 Å². The van der Waals surface area contributed by atoms with Crippen LogP contribution in [-0.2, 0) is 16.2 Å². The van der Waals surface area contributed by atoms with Crippen molar-refractivity contribution in [1.82, 2.24) is 10.3 Å². The molecule has 0 bridgehead atoms. The number of nitro groups is 1. The molecule has 59 heavy (non-hydrogen) atoms. The van der Waals surface area contributed by atoms with Gasteiger partial charge in [0.2, 0.25) is 5.91 Å². The van der Waals surface area contributed by atoms with Crippen molar-refractivity contribution in [2.24, 2.45) is 0 Å². The molecule has 0 saturated carbocycles. The minimum Gasteiger partial charge on any atom is -0.489 e. The predicted molar refractivity (Wildman–Crippen MR) is 232 cm³/mol. The Kier molecular flexibility index (Phi) is 13.0. The predicted octanol–water partition coefficient (Wildman–Crippen LogP) is 10.2. The normalized spacial score (nSPS) is 11.6. The van der Waals surface area contributed by atoms with Crippen LogP contribution in [0.1, 0.15) is 32.3 Å². The fourth-order valence-corrected chi connectivity index (χ4v) is 7.52. The smallest absolute Gasteiger partial charge is 0.272 e. The highest BCUT2D eigenvalue weighted by atomic mass is 32.2. The number of nitro benzene ring substituents is 1. The van der Waals surface area contributed by atoms with Crippen LogP contribution < -0.4 is 20.7 Å². The molecule has 0 fully saturated rings. The molecule has 0 spiro atoms. The van der Waals surface area contributed by atoms with Gasteiger partial charge in [-0.2, -0.15) is 0 Å². The van der Waals surface area contributed by atoms with Gasteiger partial charge < -0.3 is 20.7 Å². The Morgan fingerprint density at radius 2 is 1.46 bits per heavy atom. The van der Waals surface area contributed by atoms with Gasteiger partial charge in [-0.05, 0) is 71.3 Å². The number of benzene rings is 6. The van der Waals surface area contributed by atoms with E-state index in [-0.39, 0.29) is 17.3 Å². The van der Waals surface area contributed by atoms with E-state index in [4.69, 9.17) is 4.74 Å². The fourth-order valence-electron chi connectivity index (χ4n) is 5.78. The number of amides is 3. The first-order chi connectivity index (χ1) is 28.8. The van der Waals surface area contributed by atoms with Crippen molar-refractivity contribution in [2.75, 3.05) is 10.6 Å². The number of aromatic nitrogens is 1. The summed E-state index contributed by atoms with van der Waals surface area (Å²) in [5.74, 6) is -0.623. The number of hydrogen-bond donors (Lipinski definition) is 3. The quantitative estimate of drug-likeness (QED) is 0.0400. The maximum atomic E-state index is 13.8. The molecule has 0 saturated heterocycles. The lowest BCUT2D eigenvalue weighted by molar-refractivity contribution is -0.384. The van der Waals surface area contributed by atoms with Crippen LogP contribution >= 0.6 is 23.1 Å². The summed E-state index contributed by atoms with van der Waals surface area (Å²) in [4.78, 5) is 56.8. The molecule has 0 aliphatic carbocycles. The standard InChI is InChI=1S/C46H35N5O6S2/c52-43(34-15-8-3-9-16-34)48-40(27-31-19-23-38(24-20-31)57-29-32-11-4-1-5-12-32)44(53)47-36-21-25-39(26-22-36)59-42(33-13-6-2-7-14-33)45(54)50-46-49-41(30-58-46)35-17-10-18-37(28-35)51(55)56/h1-28,30,42H,29H2,(H,47,53)(H,48,52)(H,49,50,54)/b40-27-. The van der Waals surface area contributed by atoms with Crippen molar-refractivity contribution in [2.45, 2.75) is 16.8 Å². The third kappa shape index (κ3) is 10.9. The molecule has 1 heterocycles. The number of thioether (sulfide) groups is 1. The van der Waals surface area contributed by atoms with Crippen LogP contribution in [0.5, 0.6) is 5.75 Å². The number of thiazole rings is 1. The number of carbonyl (C=O) groups excluding carboxylic acids is 3. The summed E-state index contributed by atoms with van der Waals surface area (Å²) in [7, 11) is 0. The average Bonchev–Trinajstić information content (AvgIpc) is 3.75. The molecular weight excluding hydrogens is 783 g/mol. The molecular formula is C46H35N5O6S2. The summed E-state index contributed by atoms with van der Waals surface area (Å²) in [6, 6.07) is 48.2. The Bertz CT molecular complexity index is 2590. The first-order valence-electron chi connectivity index (χ1n) is 18.3. The Labute approximate surface area is 348 Å². The number of nitrogens with one attached hydrogen (secondary N) is 3. The van der Waals surface area contributed by atoms with Crippen LogP contribution in [0.4, 0.5) is 16.5 Å². The van der Waals surface area contributed by atoms with Crippen molar-refractivity contribution in [3.8, 4) is 17.0 Å². The first kappa shape index (κ1) is 39.9. The van der Waals surface area contributed by atoms with Gasteiger partial charge in [0.15, 0.2) is 5.13 Å². The summed E-state index contributed by atoms with van der Waals surface area (Å²) in [6.07, 6.45) is 1.60. The third-order valence-electron chi connectivity index (χ3n) is 8.76. The van der Waals surface area contributed by atoms with Crippen LogP contribution in [-0.4, -0.2) is 27.6 Å². The molecule has 6 aromatic carbocycles. The Morgan fingerprint density at radius 1 is 0.780 bits per heavy atom. The van der Waals surface area contributed by atoms with Crippen LogP contribution in [0.3, 0.4) is 0 Å². The fraction of sp³-hybridized carbons (Fsp3) is 0.0435. The molecule has 0 aliphatic heterocycles. The number of rotatable bonds is 15. The Balaban J connectivity index is 1.04. The number of anilines is 2. The van der Waals surface area contributed by atoms with Crippen molar-refractivity contribution in [1.29, 1.82) is 0 Å². The molecule has 11 nitrogen and oxygen atoms in total. The molecule has 7 aromatic rings. The largest absolute Gasteiger partial charge is 0.489 e. The van der Waals surface area contributed by atoms with E-state index in [0.29, 0.717) is 45.6 Å². The number of non-ortho nitro benzene ring substituents is 1. The second kappa shape index (κ2) is 19.2. The molecule has 3 N–H and O–H groups in total. The second-order valence-corrected chi connectivity index (χ2v) is 15.0. The van der Waals surface area contributed by atoms with Crippen molar-refractivity contribution in [3.05, 3.63) is 207 Å². The highest BCUT2D eigenvalue weighted by Gasteiger charge is 2.24. The topological polar surface area (TPSA) is 153 Å². The Hall–Kier alpha value is -7.35. The van der Waals surface area contributed by atoms with E-state index < -0.39 is 22.0 Å². The van der Waals surface area contributed by atoms with Gasteiger partial charge in [0.25, 0.3) is 17.5 Å². The minimum atomic E-state index is -0.667. The Morgan fingerprint density at radius 3 is 2.15 bits per heavy atom. The van der Waals surface area contributed by atoms with Crippen molar-refractivity contribution < 1.29 is 24.0 Å². The average molecular weight is 818 g/mol.